The highest BCUT2D eigenvalue weighted by Crippen LogP contribution is 2.41. The zero-order valence-electron chi connectivity index (χ0n) is 18.8. The van der Waals surface area contributed by atoms with Gasteiger partial charge in [-0.3, -0.25) is 19.5 Å². The second-order valence-electron chi connectivity index (χ2n) is 9.58. The summed E-state index contributed by atoms with van der Waals surface area (Å²) in [6.45, 7) is 7.25. The number of imide groups is 1. The summed E-state index contributed by atoms with van der Waals surface area (Å²) in [5, 5.41) is 5.05. The molecule has 1 atom stereocenters. The van der Waals surface area contributed by atoms with Gasteiger partial charge in [-0.2, -0.15) is 0 Å². The van der Waals surface area contributed by atoms with Gasteiger partial charge < -0.3 is 10.2 Å². The minimum Gasteiger partial charge on any atom is -0.342 e. The van der Waals surface area contributed by atoms with E-state index in [-0.39, 0.29) is 23.8 Å². The largest absolute Gasteiger partial charge is 0.342 e. The molecule has 1 N–H and O–H groups in total. The number of nitrogens with one attached hydrogen (secondary N) is 1. The maximum Gasteiger partial charge on any atom is 0.325 e. The van der Waals surface area contributed by atoms with Crippen molar-refractivity contribution in [3.63, 3.8) is 0 Å². The van der Waals surface area contributed by atoms with Crippen LogP contribution in [0.4, 0.5) is 4.79 Å². The molecular weight excluding hydrogens is 424 g/mol. The lowest BCUT2D eigenvalue weighted by molar-refractivity contribution is -0.142. The third-order valence-corrected chi connectivity index (χ3v) is 7.38. The molecule has 8 heteroatoms. The predicted molar refractivity (Wildman–Crippen MR) is 123 cm³/mol. The number of urea groups is 1. The van der Waals surface area contributed by atoms with Crippen LogP contribution in [0.5, 0.6) is 0 Å². The van der Waals surface area contributed by atoms with Crippen LogP contribution in [-0.2, 0) is 21.5 Å². The zero-order valence-corrected chi connectivity index (χ0v) is 19.7. The number of carbonyl (C=O) groups is 3. The predicted octanol–water partition coefficient (Wildman–Crippen LogP) is 3.42. The Morgan fingerprint density at radius 1 is 1.22 bits per heavy atom. The van der Waals surface area contributed by atoms with E-state index in [2.05, 4.69) is 10.3 Å². The van der Waals surface area contributed by atoms with E-state index >= 15 is 0 Å². The molecule has 0 aromatic carbocycles. The maximum atomic E-state index is 13.8. The first-order valence-corrected chi connectivity index (χ1v) is 12.0. The number of aromatic nitrogens is 1. The van der Waals surface area contributed by atoms with Gasteiger partial charge in [0.15, 0.2) is 5.54 Å². The minimum absolute atomic E-state index is 0.112. The summed E-state index contributed by atoms with van der Waals surface area (Å²) in [5.74, 6) is -0.211. The smallest absolute Gasteiger partial charge is 0.325 e. The van der Waals surface area contributed by atoms with Gasteiger partial charge >= 0.3 is 6.03 Å². The van der Waals surface area contributed by atoms with E-state index in [1.54, 1.807) is 29.8 Å². The van der Waals surface area contributed by atoms with Crippen molar-refractivity contribution in [1.82, 2.24) is 20.1 Å². The van der Waals surface area contributed by atoms with Crippen LogP contribution in [0.2, 0.25) is 0 Å². The van der Waals surface area contributed by atoms with Crippen LogP contribution in [-0.4, -0.2) is 52.3 Å². The van der Waals surface area contributed by atoms with Crippen molar-refractivity contribution in [2.75, 3.05) is 19.6 Å². The second-order valence-corrected chi connectivity index (χ2v) is 10.6. The van der Waals surface area contributed by atoms with Crippen LogP contribution < -0.4 is 5.32 Å². The molecule has 0 radical (unpaired) electrons. The van der Waals surface area contributed by atoms with Crippen molar-refractivity contribution in [1.29, 1.82) is 0 Å². The molecule has 1 unspecified atom stereocenters. The summed E-state index contributed by atoms with van der Waals surface area (Å²) in [6, 6.07) is 7.28. The van der Waals surface area contributed by atoms with E-state index in [1.807, 2.05) is 49.3 Å². The summed E-state index contributed by atoms with van der Waals surface area (Å²) in [7, 11) is 0. The zero-order chi connectivity index (χ0) is 22.9. The van der Waals surface area contributed by atoms with Gasteiger partial charge in [-0.15, -0.1) is 11.3 Å². The first kappa shape index (κ1) is 22.5. The SMILES string of the molecule is CC(C)(C)C(=O)N1CCC(C2(c3cccnc3)NC(=O)N(CCc3cccs3)C2=O)CC1. The number of hydrogen-bond donors (Lipinski definition) is 1. The Morgan fingerprint density at radius 2 is 1.97 bits per heavy atom. The summed E-state index contributed by atoms with van der Waals surface area (Å²) < 4.78 is 0. The van der Waals surface area contributed by atoms with E-state index in [9.17, 15) is 14.4 Å². The second kappa shape index (κ2) is 8.65. The highest BCUT2D eigenvalue weighted by Gasteiger charge is 2.57. The molecule has 2 aliphatic heterocycles. The fourth-order valence-corrected chi connectivity index (χ4v) is 5.47. The number of hydrogen-bond acceptors (Lipinski definition) is 5. The first-order chi connectivity index (χ1) is 15.2. The van der Waals surface area contributed by atoms with Crippen LogP contribution in [0.15, 0.2) is 42.0 Å². The van der Waals surface area contributed by atoms with Crippen molar-refractivity contribution in [3.05, 3.63) is 52.5 Å². The molecule has 0 spiro atoms. The van der Waals surface area contributed by atoms with Crippen molar-refractivity contribution in [2.45, 2.75) is 45.6 Å². The number of rotatable bonds is 5. The van der Waals surface area contributed by atoms with Gasteiger partial charge in [0.05, 0.1) is 0 Å². The van der Waals surface area contributed by atoms with Gasteiger partial charge in [-0.25, -0.2) is 4.79 Å². The Morgan fingerprint density at radius 3 is 2.56 bits per heavy atom. The van der Waals surface area contributed by atoms with Crippen molar-refractivity contribution in [2.24, 2.45) is 11.3 Å². The Hall–Kier alpha value is -2.74. The van der Waals surface area contributed by atoms with E-state index in [1.165, 1.54) is 4.90 Å². The van der Waals surface area contributed by atoms with Gasteiger partial charge in [-0.1, -0.05) is 32.9 Å². The monoisotopic (exact) mass is 454 g/mol. The topological polar surface area (TPSA) is 82.6 Å². The Labute approximate surface area is 192 Å². The number of amides is 4. The minimum atomic E-state index is -1.14. The number of nitrogens with zero attached hydrogens (tertiary/aromatic N) is 3. The molecule has 170 valence electrons. The average Bonchev–Trinajstić information content (AvgIpc) is 3.39. The van der Waals surface area contributed by atoms with Crippen LogP contribution in [0.1, 0.15) is 44.1 Å². The number of carbonyl (C=O) groups excluding carboxylic acids is 3. The third kappa shape index (κ3) is 4.03. The van der Waals surface area contributed by atoms with Crippen molar-refractivity contribution < 1.29 is 14.4 Å². The third-order valence-electron chi connectivity index (χ3n) is 6.45. The average molecular weight is 455 g/mol. The molecule has 4 amide bonds. The fraction of sp³-hybridized carbons (Fsp3) is 0.500. The molecule has 32 heavy (non-hydrogen) atoms. The summed E-state index contributed by atoms with van der Waals surface area (Å²) in [6.07, 6.45) is 5.26. The molecule has 2 aliphatic rings. The highest BCUT2D eigenvalue weighted by molar-refractivity contribution is 7.09. The quantitative estimate of drug-likeness (QED) is 0.702. The fourth-order valence-electron chi connectivity index (χ4n) is 4.77. The molecule has 2 aromatic rings. The lowest BCUT2D eigenvalue weighted by Gasteiger charge is -2.42. The highest BCUT2D eigenvalue weighted by atomic mass is 32.1. The van der Waals surface area contributed by atoms with E-state index < -0.39 is 11.0 Å². The van der Waals surface area contributed by atoms with Gasteiger partial charge in [-0.05, 0) is 42.7 Å². The van der Waals surface area contributed by atoms with Crippen LogP contribution in [0.25, 0.3) is 0 Å². The molecule has 2 saturated heterocycles. The van der Waals surface area contributed by atoms with Gasteiger partial charge in [0.1, 0.15) is 0 Å². The van der Waals surface area contributed by atoms with Crippen molar-refractivity contribution >= 4 is 29.2 Å². The Balaban J connectivity index is 1.58. The number of piperidine rings is 1. The Bertz CT molecular complexity index is 978. The Kier molecular flexibility index (Phi) is 6.07. The summed E-state index contributed by atoms with van der Waals surface area (Å²) >= 11 is 1.62. The lowest BCUT2D eigenvalue weighted by Crippen LogP contribution is -2.55. The van der Waals surface area contributed by atoms with Crippen LogP contribution in [0.3, 0.4) is 0 Å². The molecular formula is C24H30N4O3S. The normalized spacial score (nSPS) is 22.3. The molecule has 7 nitrogen and oxygen atoms in total. The standard InChI is InChI=1S/C24H30N4O3S/c1-23(2,3)20(29)27-12-8-17(9-13-27)24(18-6-4-11-25-16-18)21(30)28(22(31)26-24)14-10-19-7-5-15-32-19/h4-7,11,15-17H,8-10,12-14H2,1-3H3,(H,26,31). The molecule has 0 aliphatic carbocycles. The lowest BCUT2D eigenvalue weighted by atomic mass is 9.73. The molecule has 4 rings (SSSR count). The summed E-state index contributed by atoms with van der Waals surface area (Å²) in [5.41, 5.74) is -0.876. The van der Waals surface area contributed by atoms with Crippen molar-refractivity contribution in [3.8, 4) is 0 Å². The van der Waals surface area contributed by atoms with Gasteiger partial charge in [0, 0.05) is 47.9 Å². The molecule has 0 bridgehead atoms. The molecule has 2 aromatic heterocycles. The first-order valence-electron chi connectivity index (χ1n) is 11.1. The molecule has 2 fully saturated rings. The van der Waals surface area contributed by atoms with Crippen LogP contribution in [0, 0.1) is 11.3 Å². The number of likely N-dealkylation sites (tertiary alicyclic amines) is 1. The van der Waals surface area contributed by atoms with Crippen LogP contribution >= 0.6 is 11.3 Å². The van der Waals surface area contributed by atoms with Gasteiger partial charge in [0.2, 0.25) is 5.91 Å². The maximum absolute atomic E-state index is 13.8. The van der Waals surface area contributed by atoms with E-state index in [0.29, 0.717) is 44.5 Å². The molecule has 4 heterocycles. The van der Waals surface area contributed by atoms with E-state index in [4.69, 9.17) is 0 Å². The number of pyridine rings is 1. The van der Waals surface area contributed by atoms with E-state index in [0.717, 1.165) is 4.88 Å². The number of thiophene rings is 1. The molecule has 0 saturated carbocycles. The van der Waals surface area contributed by atoms with Gasteiger partial charge in [0.25, 0.3) is 5.91 Å². The summed E-state index contributed by atoms with van der Waals surface area (Å²) in [4.78, 5) is 48.1.